The maximum absolute atomic E-state index is 4.07. The molecule has 0 radical (unpaired) electrons. The molecular weight excluding hydrogens is 190 g/mol. The lowest BCUT2D eigenvalue weighted by Crippen LogP contribution is -1.81. The Morgan fingerprint density at radius 1 is 1.60 bits per heavy atom. The molecular formula is C8H8BrN. The minimum Gasteiger partial charge on any atom is -0.249 e. The van der Waals surface area contributed by atoms with E-state index in [1.54, 1.807) is 0 Å². The number of pyridine rings is 1. The lowest BCUT2D eigenvalue weighted by atomic mass is 10.2. The van der Waals surface area contributed by atoms with Gasteiger partial charge in [-0.2, -0.15) is 0 Å². The van der Waals surface area contributed by atoms with Crippen LogP contribution in [-0.2, 0) is 6.42 Å². The summed E-state index contributed by atoms with van der Waals surface area (Å²) >= 11 is 3.26. The second kappa shape index (κ2) is 3.52. The van der Waals surface area contributed by atoms with Gasteiger partial charge in [-0.15, -0.1) is 6.58 Å². The van der Waals surface area contributed by atoms with Crippen molar-refractivity contribution >= 4 is 15.9 Å². The van der Waals surface area contributed by atoms with E-state index in [0.717, 1.165) is 11.0 Å². The first-order chi connectivity index (χ1) is 4.83. The van der Waals surface area contributed by atoms with Crippen LogP contribution in [0.2, 0.25) is 0 Å². The van der Waals surface area contributed by atoms with Crippen molar-refractivity contribution in [3.63, 3.8) is 0 Å². The molecule has 0 amide bonds. The van der Waals surface area contributed by atoms with Crippen LogP contribution in [-0.4, -0.2) is 4.98 Å². The molecule has 0 aliphatic heterocycles. The molecule has 10 heavy (non-hydrogen) atoms. The quantitative estimate of drug-likeness (QED) is 0.525. The van der Waals surface area contributed by atoms with E-state index in [4.69, 9.17) is 0 Å². The normalized spacial score (nSPS) is 9.30. The predicted octanol–water partition coefficient (Wildman–Crippen LogP) is 2.57. The minimum absolute atomic E-state index is 0.875. The lowest BCUT2D eigenvalue weighted by molar-refractivity contribution is 1.17. The van der Waals surface area contributed by atoms with Crippen molar-refractivity contribution in [2.75, 3.05) is 0 Å². The third kappa shape index (κ3) is 1.95. The molecule has 1 rings (SSSR count). The molecule has 0 saturated heterocycles. The largest absolute Gasteiger partial charge is 0.249 e. The maximum Gasteiger partial charge on any atom is 0.106 e. The van der Waals surface area contributed by atoms with E-state index in [1.165, 1.54) is 5.56 Å². The molecule has 0 aromatic carbocycles. The molecule has 0 bridgehead atoms. The fourth-order valence-corrected chi connectivity index (χ4v) is 0.928. The molecule has 52 valence electrons. The fourth-order valence-electron chi connectivity index (χ4n) is 0.694. The number of nitrogens with zero attached hydrogens (tertiary/aromatic N) is 1. The van der Waals surface area contributed by atoms with Crippen molar-refractivity contribution < 1.29 is 0 Å². The van der Waals surface area contributed by atoms with Crippen molar-refractivity contribution in [1.82, 2.24) is 4.98 Å². The first kappa shape index (κ1) is 7.48. The van der Waals surface area contributed by atoms with Crippen LogP contribution in [0.15, 0.2) is 35.6 Å². The van der Waals surface area contributed by atoms with Gasteiger partial charge in [-0.05, 0) is 34.0 Å². The number of hydrogen-bond acceptors (Lipinski definition) is 1. The summed E-state index contributed by atoms with van der Waals surface area (Å²) in [6.07, 6.45) is 4.59. The number of hydrogen-bond donors (Lipinski definition) is 0. The van der Waals surface area contributed by atoms with E-state index in [0.29, 0.717) is 0 Å². The zero-order chi connectivity index (χ0) is 7.40. The van der Waals surface area contributed by atoms with Gasteiger partial charge in [0.2, 0.25) is 0 Å². The first-order valence-corrected chi connectivity index (χ1v) is 3.83. The molecule has 0 aliphatic carbocycles. The fraction of sp³-hybridized carbons (Fsp3) is 0.125. The highest BCUT2D eigenvalue weighted by Crippen LogP contribution is 2.06. The Labute approximate surface area is 68.9 Å². The second-order valence-corrected chi connectivity index (χ2v) is 2.79. The summed E-state index contributed by atoms with van der Waals surface area (Å²) in [4.78, 5) is 4.07. The molecule has 0 fully saturated rings. The molecule has 0 atom stereocenters. The third-order valence-electron chi connectivity index (χ3n) is 1.17. The number of halogens is 1. The summed E-state index contributed by atoms with van der Waals surface area (Å²) < 4.78 is 0.875. The Kier molecular flexibility index (Phi) is 2.63. The molecule has 0 N–H and O–H groups in total. The molecule has 1 nitrogen and oxygen atoms in total. The molecule has 0 spiro atoms. The van der Waals surface area contributed by atoms with Gasteiger partial charge in [0.1, 0.15) is 4.60 Å². The molecule has 1 heterocycles. The number of allylic oxidation sites excluding steroid dienone is 1. The Hall–Kier alpha value is -0.630. The molecule has 1 aromatic rings. The molecule has 0 saturated carbocycles. The van der Waals surface area contributed by atoms with Gasteiger partial charge in [-0.3, -0.25) is 0 Å². The Morgan fingerprint density at radius 3 is 2.90 bits per heavy atom. The van der Waals surface area contributed by atoms with Gasteiger partial charge in [0.05, 0.1) is 0 Å². The van der Waals surface area contributed by atoms with Crippen LogP contribution in [0.5, 0.6) is 0 Å². The van der Waals surface area contributed by atoms with Crippen molar-refractivity contribution in [3.05, 3.63) is 41.2 Å². The van der Waals surface area contributed by atoms with Crippen molar-refractivity contribution in [3.8, 4) is 0 Å². The Balaban J connectivity index is 2.78. The average Bonchev–Trinajstić information content (AvgIpc) is 1.95. The summed E-state index contributed by atoms with van der Waals surface area (Å²) in [5, 5.41) is 0. The molecule has 2 heteroatoms. The van der Waals surface area contributed by atoms with E-state index in [9.17, 15) is 0 Å². The predicted molar refractivity (Wildman–Crippen MR) is 45.8 cm³/mol. The van der Waals surface area contributed by atoms with Gasteiger partial charge >= 0.3 is 0 Å². The number of aromatic nitrogens is 1. The summed E-state index contributed by atoms with van der Waals surface area (Å²) in [5.74, 6) is 0. The van der Waals surface area contributed by atoms with Crippen LogP contribution < -0.4 is 0 Å². The molecule has 0 unspecified atom stereocenters. The van der Waals surface area contributed by atoms with Crippen molar-refractivity contribution in [2.24, 2.45) is 0 Å². The van der Waals surface area contributed by atoms with Crippen LogP contribution in [0, 0.1) is 0 Å². The van der Waals surface area contributed by atoms with Crippen LogP contribution >= 0.6 is 15.9 Å². The standard InChI is InChI=1S/C8H8BrN/c1-2-3-7-4-5-8(9)10-6-7/h2,4-6H,1,3H2. The van der Waals surface area contributed by atoms with Gasteiger partial charge in [0.15, 0.2) is 0 Å². The monoisotopic (exact) mass is 197 g/mol. The van der Waals surface area contributed by atoms with Crippen LogP contribution in [0.4, 0.5) is 0 Å². The first-order valence-electron chi connectivity index (χ1n) is 3.04. The average molecular weight is 198 g/mol. The van der Waals surface area contributed by atoms with Gasteiger partial charge in [0.25, 0.3) is 0 Å². The SMILES string of the molecule is C=CCc1ccc(Br)nc1. The highest BCUT2D eigenvalue weighted by atomic mass is 79.9. The smallest absolute Gasteiger partial charge is 0.106 e. The van der Waals surface area contributed by atoms with Gasteiger partial charge in [-0.25, -0.2) is 4.98 Å². The van der Waals surface area contributed by atoms with Crippen LogP contribution in [0.25, 0.3) is 0 Å². The van der Waals surface area contributed by atoms with Crippen molar-refractivity contribution in [2.45, 2.75) is 6.42 Å². The van der Waals surface area contributed by atoms with E-state index in [-0.39, 0.29) is 0 Å². The second-order valence-electron chi connectivity index (χ2n) is 1.98. The molecule has 0 aliphatic rings. The lowest BCUT2D eigenvalue weighted by Gasteiger charge is -1.93. The third-order valence-corrected chi connectivity index (χ3v) is 1.64. The van der Waals surface area contributed by atoms with E-state index >= 15 is 0 Å². The zero-order valence-electron chi connectivity index (χ0n) is 5.55. The topological polar surface area (TPSA) is 12.9 Å². The number of rotatable bonds is 2. The minimum atomic E-state index is 0.875. The van der Waals surface area contributed by atoms with Gasteiger partial charge < -0.3 is 0 Å². The zero-order valence-corrected chi connectivity index (χ0v) is 7.13. The van der Waals surface area contributed by atoms with E-state index in [1.807, 2.05) is 24.4 Å². The highest BCUT2D eigenvalue weighted by Gasteiger charge is 1.88. The summed E-state index contributed by atoms with van der Waals surface area (Å²) in [7, 11) is 0. The van der Waals surface area contributed by atoms with Gasteiger partial charge in [-0.1, -0.05) is 12.1 Å². The highest BCUT2D eigenvalue weighted by molar-refractivity contribution is 9.10. The Morgan fingerprint density at radius 2 is 2.40 bits per heavy atom. The van der Waals surface area contributed by atoms with Crippen molar-refractivity contribution in [1.29, 1.82) is 0 Å². The van der Waals surface area contributed by atoms with Crippen LogP contribution in [0.3, 0.4) is 0 Å². The van der Waals surface area contributed by atoms with Gasteiger partial charge in [0, 0.05) is 6.20 Å². The summed E-state index contributed by atoms with van der Waals surface area (Å²) in [5.41, 5.74) is 1.19. The summed E-state index contributed by atoms with van der Waals surface area (Å²) in [6, 6.07) is 3.96. The molecule has 1 aromatic heterocycles. The summed E-state index contributed by atoms with van der Waals surface area (Å²) in [6.45, 7) is 3.64. The maximum atomic E-state index is 4.07. The van der Waals surface area contributed by atoms with E-state index in [2.05, 4.69) is 27.5 Å². The van der Waals surface area contributed by atoms with E-state index < -0.39 is 0 Å². The Bertz CT molecular complexity index is 215. The van der Waals surface area contributed by atoms with Crippen LogP contribution in [0.1, 0.15) is 5.56 Å².